The Balaban J connectivity index is 2.47. The van der Waals surface area contributed by atoms with Crippen LogP contribution in [0.3, 0.4) is 0 Å². The van der Waals surface area contributed by atoms with Crippen molar-refractivity contribution in [2.45, 2.75) is 13.5 Å². The highest BCUT2D eigenvalue weighted by molar-refractivity contribution is 5.69. The summed E-state index contributed by atoms with van der Waals surface area (Å²) < 4.78 is 18.5. The van der Waals surface area contributed by atoms with E-state index >= 15 is 0 Å². The molecule has 3 heteroatoms. The van der Waals surface area contributed by atoms with Gasteiger partial charge in [-0.1, -0.05) is 12.1 Å². The molecule has 0 unspecified atom stereocenters. The molecule has 0 atom stereocenters. The lowest BCUT2D eigenvalue weighted by atomic mass is 9.98. The van der Waals surface area contributed by atoms with Crippen molar-refractivity contribution in [1.29, 1.82) is 0 Å². The van der Waals surface area contributed by atoms with Crippen LogP contribution in [-0.2, 0) is 6.54 Å². The average molecular weight is 259 g/mol. The Morgan fingerprint density at radius 1 is 1.16 bits per heavy atom. The van der Waals surface area contributed by atoms with Gasteiger partial charge >= 0.3 is 0 Å². The second kappa shape index (κ2) is 5.85. The Morgan fingerprint density at radius 2 is 1.95 bits per heavy atom. The first-order valence-electron chi connectivity index (χ1n) is 6.23. The summed E-state index contributed by atoms with van der Waals surface area (Å²) in [5.74, 6) is 0.656. The van der Waals surface area contributed by atoms with Gasteiger partial charge in [0, 0.05) is 12.1 Å². The first kappa shape index (κ1) is 13.6. The van der Waals surface area contributed by atoms with Crippen molar-refractivity contribution < 1.29 is 9.13 Å². The van der Waals surface area contributed by atoms with Gasteiger partial charge in [-0.2, -0.15) is 0 Å². The van der Waals surface area contributed by atoms with Crippen molar-refractivity contribution in [2.75, 3.05) is 14.2 Å². The molecule has 0 aliphatic carbocycles. The van der Waals surface area contributed by atoms with Crippen molar-refractivity contribution in [3.05, 3.63) is 53.3 Å². The van der Waals surface area contributed by atoms with Crippen LogP contribution in [0.2, 0.25) is 0 Å². The summed E-state index contributed by atoms with van der Waals surface area (Å²) in [7, 11) is 3.56. The zero-order valence-corrected chi connectivity index (χ0v) is 11.5. The zero-order chi connectivity index (χ0) is 13.8. The maximum atomic E-state index is 13.2. The van der Waals surface area contributed by atoms with E-state index in [1.165, 1.54) is 6.07 Å². The maximum absolute atomic E-state index is 13.2. The summed E-state index contributed by atoms with van der Waals surface area (Å²) in [6, 6.07) is 10.9. The number of aryl methyl sites for hydroxylation is 1. The van der Waals surface area contributed by atoms with Crippen molar-refractivity contribution >= 4 is 0 Å². The van der Waals surface area contributed by atoms with E-state index in [2.05, 4.69) is 11.4 Å². The number of halogens is 1. The van der Waals surface area contributed by atoms with Gasteiger partial charge in [-0.15, -0.1) is 0 Å². The van der Waals surface area contributed by atoms with Crippen LogP contribution in [0.4, 0.5) is 4.39 Å². The fourth-order valence-electron chi connectivity index (χ4n) is 2.23. The Hall–Kier alpha value is -1.87. The van der Waals surface area contributed by atoms with E-state index in [1.807, 2.05) is 32.2 Å². The molecule has 1 N–H and O–H groups in total. The lowest BCUT2D eigenvalue weighted by Crippen LogP contribution is -2.06. The Labute approximate surface area is 113 Å². The number of hydrogen-bond acceptors (Lipinski definition) is 2. The quantitative estimate of drug-likeness (QED) is 0.907. The van der Waals surface area contributed by atoms with E-state index in [0.717, 1.165) is 34.5 Å². The molecular formula is C16H18FNO. The average Bonchev–Trinajstić information content (AvgIpc) is 2.39. The molecule has 2 aromatic carbocycles. The van der Waals surface area contributed by atoms with Gasteiger partial charge in [0.2, 0.25) is 0 Å². The van der Waals surface area contributed by atoms with Crippen molar-refractivity contribution in [1.82, 2.24) is 5.32 Å². The van der Waals surface area contributed by atoms with Gasteiger partial charge in [-0.05, 0) is 54.9 Å². The summed E-state index contributed by atoms with van der Waals surface area (Å²) in [5.41, 5.74) is 4.14. The highest BCUT2D eigenvalue weighted by atomic mass is 19.1. The molecular weight excluding hydrogens is 241 g/mol. The van der Waals surface area contributed by atoms with Crippen LogP contribution in [0.5, 0.6) is 5.75 Å². The third kappa shape index (κ3) is 2.93. The molecule has 0 bridgehead atoms. The molecule has 0 saturated heterocycles. The van der Waals surface area contributed by atoms with E-state index in [4.69, 9.17) is 4.74 Å². The largest absolute Gasteiger partial charge is 0.496 e. The lowest BCUT2D eigenvalue weighted by Gasteiger charge is -2.12. The molecule has 100 valence electrons. The van der Waals surface area contributed by atoms with Crippen LogP contribution < -0.4 is 10.1 Å². The molecule has 0 aromatic heterocycles. The molecule has 0 radical (unpaired) electrons. The van der Waals surface area contributed by atoms with Gasteiger partial charge in [0.1, 0.15) is 11.6 Å². The molecule has 0 spiro atoms. The molecule has 2 rings (SSSR count). The van der Waals surface area contributed by atoms with Crippen LogP contribution >= 0.6 is 0 Å². The molecule has 0 saturated carbocycles. The summed E-state index contributed by atoms with van der Waals surface area (Å²) in [5, 5.41) is 3.12. The number of ether oxygens (including phenoxy) is 1. The molecule has 0 amide bonds. The third-order valence-corrected chi connectivity index (χ3v) is 3.15. The van der Waals surface area contributed by atoms with Gasteiger partial charge in [0.05, 0.1) is 7.11 Å². The van der Waals surface area contributed by atoms with E-state index in [9.17, 15) is 4.39 Å². The maximum Gasteiger partial charge on any atom is 0.123 e. The monoisotopic (exact) mass is 259 g/mol. The molecule has 2 nitrogen and oxygen atoms in total. The molecule has 19 heavy (non-hydrogen) atoms. The van der Waals surface area contributed by atoms with E-state index in [1.54, 1.807) is 13.2 Å². The minimum atomic E-state index is -0.204. The SMILES string of the molecule is CNCc1cc(-c2ccc(F)cc2C)ccc1OC. The second-order valence-electron chi connectivity index (χ2n) is 4.52. The van der Waals surface area contributed by atoms with Gasteiger partial charge in [0.25, 0.3) is 0 Å². The first-order valence-corrected chi connectivity index (χ1v) is 6.23. The normalized spacial score (nSPS) is 10.5. The van der Waals surface area contributed by atoms with E-state index in [0.29, 0.717) is 0 Å². The van der Waals surface area contributed by atoms with Gasteiger partial charge in [0.15, 0.2) is 0 Å². The van der Waals surface area contributed by atoms with E-state index in [-0.39, 0.29) is 5.82 Å². The number of methoxy groups -OCH3 is 1. The van der Waals surface area contributed by atoms with Crippen molar-refractivity contribution in [2.24, 2.45) is 0 Å². The minimum absolute atomic E-state index is 0.204. The molecule has 2 aromatic rings. The molecule has 0 fully saturated rings. The predicted molar refractivity (Wildman–Crippen MR) is 75.9 cm³/mol. The fraction of sp³-hybridized carbons (Fsp3) is 0.250. The number of rotatable bonds is 4. The topological polar surface area (TPSA) is 21.3 Å². The minimum Gasteiger partial charge on any atom is -0.496 e. The van der Waals surface area contributed by atoms with Crippen molar-refractivity contribution in [3.63, 3.8) is 0 Å². The van der Waals surface area contributed by atoms with Crippen molar-refractivity contribution in [3.8, 4) is 16.9 Å². The molecule has 0 aliphatic heterocycles. The standard InChI is InChI=1S/C16H18FNO/c1-11-8-14(17)5-6-15(11)12-4-7-16(19-3)13(9-12)10-18-2/h4-9,18H,10H2,1-3H3. The summed E-state index contributed by atoms with van der Waals surface area (Å²) >= 11 is 0. The Morgan fingerprint density at radius 3 is 2.58 bits per heavy atom. The summed E-state index contributed by atoms with van der Waals surface area (Å²) in [4.78, 5) is 0. The fourth-order valence-corrected chi connectivity index (χ4v) is 2.23. The first-order chi connectivity index (χ1) is 9.15. The third-order valence-electron chi connectivity index (χ3n) is 3.15. The number of nitrogens with one attached hydrogen (secondary N) is 1. The number of hydrogen-bond donors (Lipinski definition) is 1. The van der Waals surface area contributed by atoms with Crippen LogP contribution in [0.25, 0.3) is 11.1 Å². The highest BCUT2D eigenvalue weighted by Crippen LogP contribution is 2.29. The number of benzene rings is 2. The van der Waals surface area contributed by atoms with Gasteiger partial charge < -0.3 is 10.1 Å². The predicted octanol–water partition coefficient (Wildman–Crippen LogP) is 3.53. The van der Waals surface area contributed by atoms with Crippen LogP contribution in [0, 0.1) is 12.7 Å². The second-order valence-corrected chi connectivity index (χ2v) is 4.52. The van der Waals surface area contributed by atoms with Gasteiger partial charge in [-0.25, -0.2) is 4.39 Å². The Bertz CT molecular complexity index is 581. The summed E-state index contributed by atoms with van der Waals surface area (Å²) in [6.07, 6.45) is 0. The van der Waals surface area contributed by atoms with E-state index < -0.39 is 0 Å². The Kier molecular flexibility index (Phi) is 4.17. The van der Waals surface area contributed by atoms with Crippen LogP contribution in [0.15, 0.2) is 36.4 Å². The van der Waals surface area contributed by atoms with Gasteiger partial charge in [-0.3, -0.25) is 0 Å². The lowest BCUT2D eigenvalue weighted by molar-refractivity contribution is 0.408. The summed E-state index contributed by atoms with van der Waals surface area (Å²) in [6.45, 7) is 2.65. The molecule has 0 heterocycles. The highest BCUT2D eigenvalue weighted by Gasteiger charge is 2.07. The molecule has 0 aliphatic rings. The van der Waals surface area contributed by atoms with Crippen LogP contribution in [0.1, 0.15) is 11.1 Å². The zero-order valence-electron chi connectivity index (χ0n) is 11.5. The smallest absolute Gasteiger partial charge is 0.123 e. The van der Waals surface area contributed by atoms with Crippen LogP contribution in [-0.4, -0.2) is 14.2 Å².